The zero-order valence-electron chi connectivity index (χ0n) is 16.0. The summed E-state index contributed by atoms with van der Waals surface area (Å²) in [6, 6.07) is 4.82. The molecular formula is C19H34N4O2. The highest BCUT2D eigenvalue weighted by Crippen LogP contribution is 2.10. The molecular weight excluding hydrogens is 316 g/mol. The Kier molecular flexibility index (Phi) is 8.83. The van der Waals surface area contributed by atoms with E-state index in [0.29, 0.717) is 12.1 Å². The smallest absolute Gasteiger partial charge is 0.191 e. The standard InChI is InChI=1S/C19H34N4O2/c1-4-16(2)21-19(20-10-7-18-6-5-14-25-18)22-17-8-11-23(12-9-17)13-15-24-3/h5-6,14,16-17H,4,7-13,15H2,1-3H3,(H2,20,21,22). The zero-order valence-corrected chi connectivity index (χ0v) is 16.0. The molecule has 1 aromatic rings. The molecule has 0 spiro atoms. The summed E-state index contributed by atoms with van der Waals surface area (Å²) < 4.78 is 10.6. The number of hydrogen-bond acceptors (Lipinski definition) is 4. The highest BCUT2D eigenvalue weighted by molar-refractivity contribution is 5.80. The Morgan fingerprint density at radius 2 is 2.24 bits per heavy atom. The van der Waals surface area contributed by atoms with Gasteiger partial charge in [0, 0.05) is 51.8 Å². The molecule has 6 heteroatoms. The monoisotopic (exact) mass is 350 g/mol. The summed E-state index contributed by atoms with van der Waals surface area (Å²) in [5.74, 6) is 1.91. The van der Waals surface area contributed by atoms with E-state index in [9.17, 15) is 0 Å². The lowest BCUT2D eigenvalue weighted by Gasteiger charge is -2.33. The fourth-order valence-electron chi connectivity index (χ4n) is 2.92. The van der Waals surface area contributed by atoms with Crippen molar-refractivity contribution >= 4 is 5.96 Å². The summed E-state index contributed by atoms with van der Waals surface area (Å²) in [5, 5.41) is 7.14. The molecule has 2 N–H and O–H groups in total. The van der Waals surface area contributed by atoms with Crippen molar-refractivity contribution in [2.45, 2.75) is 51.6 Å². The molecule has 2 heterocycles. The SMILES string of the molecule is CCC(C)NC(=NCCc1ccco1)NC1CCN(CCOC)CC1. The fourth-order valence-corrected chi connectivity index (χ4v) is 2.92. The van der Waals surface area contributed by atoms with E-state index in [1.165, 1.54) is 0 Å². The quantitative estimate of drug-likeness (QED) is 0.528. The van der Waals surface area contributed by atoms with Crippen molar-refractivity contribution in [3.05, 3.63) is 24.2 Å². The normalized spacial score (nSPS) is 18.3. The van der Waals surface area contributed by atoms with Crippen LogP contribution in [0.5, 0.6) is 0 Å². The number of guanidine groups is 1. The summed E-state index contributed by atoms with van der Waals surface area (Å²) in [4.78, 5) is 7.22. The van der Waals surface area contributed by atoms with Gasteiger partial charge < -0.3 is 24.7 Å². The Morgan fingerprint density at radius 3 is 2.88 bits per heavy atom. The van der Waals surface area contributed by atoms with Crippen LogP contribution in [0.2, 0.25) is 0 Å². The van der Waals surface area contributed by atoms with Gasteiger partial charge in [-0.25, -0.2) is 0 Å². The Balaban J connectivity index is 1.81. The summed E-state index contributed by atoms with van der Waals surface area (Å²) >= 11 is 0. The third-order valence-electron chi connectivity index (χ3n) is 4.74. The van der Waals surface area contributed by atoms with Crippen molar-refractivity contribution < 1.29 is 9.15 Å². The maximum Gasteiger partial charge on any atom is 0.191 e. The molecule has 1 saturated heterocycles. The summed E-state index contributed by atoms with van der Waals surface area (Å²) in [5.41, 5.74) is 0. The molecule has 142 valence electrons. The molecule has 6 nitrogen and oxygen atoms in total. The number of rotatable bonds is 9. The number of nitrogens with zero attached hydrogens (tertiary/aromatic N) is 2. The van der Waals surface area contributed by atoms with Gasteiger partial charge in [0.1, 0.15) is 5.76 Å². The maximum absolute atomic E-state index is 5.39. The van der Waals surface area contributed by atoms with Gasteiger partial charge in [0.05, 0.1) is 12.9 Å². The first-order chi connectivity index (χ1) is 12.2. The van der Waals surface area contributed by atoms with Crippen LogP contribution in [0.3, 0.4) is 0 Å². The number of piperidine rings is 1. The average molecular weight is 351 g/mol. The van der Waals surface area contributed by atoms with E-state index in [0.717, 1.165) is 70.2 Å². The number of aliphatic imine (C=N–C) groups is 1. The molecule has 0 bridgehead atoms. The van der Waals surface area contributed by atoms with E-state index in [4.69, 9.17) is 14.1 Å². The van der Waals surface area contributed by atoms with Gasteiger partial charge in [-0.1, -0.05) is 6.92 Å². The van der Waals surface area contributed by atoms with Gasteiger partial charge in [0.2, 0.25) is 0 Å². The van der Waals surface area contributed by atoms with E-state index >= 15 is 0 Å². The molecule has 1 atom stereocenters. The molecule has 0 saturated carbocycles. The Bertz CT molecular complexity index is 482. The molecule has 0 radical (unpaired) electrons. The first-order valence-electron chi connectivity index (χ1n) is 9.52. The lowest BCUT2D eigenvalue weighted by molar-refractivity contribution is 0.128. The van der Waals surface area contributed by atoms with Gasteiger partial charge in [0.25, 0.3) is 0 Å². The molecule has 0 aromatic carbocycles. The summed E-state index contributed by atoms with van der Waals surface area (Å²) in [7, 11) is 1.76. The Hall–Kier alpha value is -1.53. The molecule has 1 unspecified atom stereocenters. The average Bonchev–Trinajstić information content (AvgIpc) is 3.14. The van der Waals surface area contributed by atoms with Crippen LogP contribution in [0.4, 0.5) is 0 Å². The minimum absolute atomic E-state index is 0.414. The van der Waals surface area contributed by atoms with Crippen molar-refractivity contribution in [2.24, 2.45) is 4.99 Å². The number of likely N-dealkylation sites (tertiary alicyclic amines) is 1. The first kappa shape index (κ1) is 19.8. The van der Waals surface area contributed by atoms with Gasteiger partial charge in [-0.3, -0.25) is 4.99 Å². The molecule has 0 amide bonds. The van der Waals surface area contributed by atoms with Crippen molar-refractivity contribution in [3.8, 4) is 0 Å². The molecule has 25 heavy (non-hydrogen) atoms. The van der Waals surface area contributed by atoms with Gasteiger partial charge in [-0.15, -0.1) is 0 Å². The molecule has 1 fully saturated rings. The minimum atomic E-state index is 0.414. The van der Waals surface area contributed by atoms with E-state index in [1.54, 1.807) is 13.4 Å². The maximum atomic E-state index is 5.39. The third kappa shape index (κ3) is 7.48. The highest BCUT2D eigenvalue weighted by Gasteiger charge is 2.20. The number of methoxy groups -OCH3 is 1. The molecule has 1 aromatic heterocycles. The van der Waals surface area contributed by atoms with Gasteiger partial charge in [-0.05, 0) is 38.3 Å². The number of hydrogen-bond donors (Lipinski definition) is 2. The van der Waals surface area contributed by atoms with E-state index in [1.807, 2.05) is 12.1 Å². The second kappa shape index (κ2) is 11.2. The zero-order chi connectivity index (χ0) is 17.9. The first-order valence-corrected chi connectivity index (χ1v) is 9.52. The lowest BCUT2D eigenvalue weighted by atomic mass is 10.1. The van der Waals surface area contributed by atoms with Gasteiger partial charge in [-0.2, -0.15) is 0 Å². The molecule has 0 aliphatic carbocycles. The van der Waals surface area contributed by atoms with Crippen LogP contribution in [0.25, 0.3) is 0 Å². The Morgan fingerprint density at radius 1 is 1.44 bits per heavy atom. The molecule has 1 aliphatic rings. The van der Waals surface area contributed by atoms with Crippen molar-refractivity contribution in [3.63, 3.8) is 0 Å². The summed E-state index contributed by atoms with van der Waals surface area (Å²) in [6.45, 7) is 9.18. The highest BCUT2D eigenvalue weighted by atomic mass is 16.5. The van der Waals surface area contributed by atoms with Crippen LogP contribution in [-0.2, 0) is 11.2 Å². The van der Waals surface area contributed by atoms with Crippen LogP contribution in [-0.4, -0.2) is 62.8 Å². The second-order valence-corrected chi connectivity index (χ2v) is 6.77. The van der Waals surface area contributed by atoms with Crippen molar-refractivity contribution in [1.82, 2.24) is 15.5 Å². The van der Waals surface area contributed by atoms with Crippen LogP contribution in [0, 0.1) is 0 Å². The number of nitrogens with one attached hydrogen (secondary N) is 2. The Labute approximate surface area is 152 Å². The fraction of sp³-hybridized carbons (Fsp3) is 0.737. The third-order valence-corrected chi connectivity index (χ3v) is 4.74. The topological polar surface area (TPSA) is 62.0 Å². The second-order valence-electron chi connectivity index (χ2n) is 6.77. The number of furan rings is 1. The van der Waals surface area contributed by atoms with Gasteiger partial charge >= 0.3 is 0 Å². The van der Waals surface area contributed by atoms with Crippen molar-refractivity contribution in [1.29, 1.82) is 0 Å². The van der Waals surface area contributed by atoms with Crippen LogP contribution >= 0.6 is 0 Å². The minimum Gasteiger partial charge on any atom is -0.469 e. The lowest BCUT2D eigenvalue weighted by Crippen LogP contribution is -2.50. The largest absolute Gasteiger partial charge is 0.469 e. The molecule has 2 rings (SSSR count). The van der Waals surface area contributed by atoms with Crippen LogP contribution in [0.1, 0.15) is 38.9 Å². The van der Waals surface area contributed by atoms with Gasteiger partial charge in [0.15, 0.2) is 5.96 Å². The van der Waals surface area contributed by atoms with Crippen molar-refractivity contribution in [2.75, 3.05) is 39.9 Å². The summed E-state index contributed by atoms with van der Waals surface area (Å²) in [6.07, 6.45) is 5.91. The predicted octanol–water partition coefficient (Wildman–Crippen LogP) is 2.27. The predicted molar refractivity (Wildman–Crippen MR) is 102 cm³/mol. The van der Waals surface area contributed by atoms with E-state index in [-0.39, 0.29) is 0 Å². The van der Waals surface area contributed by atoms with E-state index in [2.05, 4.69) is 29.4 Å². The van der Waals surface area contributed by atoms with Crippen LogP contribution in [0.15, 0.2) is 27.8 Å². The number of ether oxygens (including phenoxy) is 1. The molecule has 1 aliphatic heterocycles. The van der Waals surface area contributed by atoms with E-state index < -0.39 is 0 Å². The van der Waals surface area contributed by atoms with Crippen LogP contribution < -0.4 is 10.6 Å².